The molecule has 5 atom stereocenters. The SMILES string of the molecule is Cc1cc2c(cc1C)C1CCC3(C)C(OS(N)(=O)=O)CCC3C1C/C2=N\OCc1ccc2c(c1)=NCN=2. The van der Waals surface area contributed by atoms with Crippen LogP contribution >= 0.6 is 0 Å². The van der Waals surface area contributed by atoms with Gasteiger partial charge in [-0.1, -0.05) is 24.2 Å². The molecular weight excluding hydrogens is 488 g/mol. The molecule has 4 aliphatic rings. The molecule has 1 aliphatic heterocycles. The highest BCUT2D eigenvalue weighted by molar-refractivity contribution is 7.84. The van der Waals surface area contributed by atoms with Gasteiger partial charge in [-0.3, -0.25) is 14.2 Å². The number of benzene rings is 2. The van der Waals surface area contributed by atoms with E-state index in [9.17, 15) is 8.42 Å². The van der Waals surface area contributed by atoms with Crippen molar-refractivity contribution in [2.45, 2.75) is 71.5 Å². The van der Waals surface area contributed by atoms with Crippen LogP contribution in [0.3, 0.4) is 0 Å². The number of oxime groups is 1. The minimum Gasteiger partial charge on any atom is -0.391 e. The largest absolute Gasteiger partial charge is 0.391 e. The normalized spacial score (nSPS) is 31.1. The fourth-order valence-electron chi connectivity index (χ4n) is 7.34. The second-order valence-electron chi connectivity index (χ2n) is 11.4. The first kappa shape index (κ1) is 24.7. The Morgan fingerprint density at radius 2 is 1.86 bits per heavy atom. The number of nitrogens with zero attached hydrogens (tertiary/aromatic N) is 3. The van der Waals surface area contributed by atoms with E-state index in [1.54, 1.807) is 0 Å². The van der Waals surface area contributed by atoms with Crippen LogP contribution in [0.5, 0.6) is 0 Å². The van der Waals surface area contributed by atoms with E-state index < -0.39 is 10.3 Å². The average Bonchev–Trinajstić information content (AvgIpc) is 3.43. The molecule has 196 valence electrons. The Morgan fingerprint density at radius 1 is 1.08 bits per heavy atom. The summed E-state index contributed by atoms with van der Waals surface area (Å²) in [5.41, 5.74) is 6.82. The molecule has 37 heavy (non-hydrogen) atoms. The van der Waals surface area contributed by atoms with Gasteiger partial charge in [-0.05, 0) is 110 Å². The van der Waals surface area contributed by atoms with Gasteiger partial charge in [0.25, 0.3) is 0 Å². The third kappa shape index (κ3) is 4.41. The van der Waals surface area contributed by atoms with Crippen molar-refractivity contribution in [1.82, 2.24) is 0 Å². The standard InChI is InChI=1S/C28H34N4O4S/c1-16-10-20-19-8-9-28(3)23(5-7-27(28)36-37(29,33)34)21(19)13-25(22(20)11-17(16)2)32-35-14-18-4-6-24-26(12-18)31-15-30-24/h4,6,10-12,19,21,23,27H,5,7-9,13-15H2,1-3H3,(H2,29,33,34)/b32-25+. The Hall–Kier alpha value is -2.62. The van der Waals surface area contributed by atoms with Gasteiger partial charge in [0.15, 0.2) is 0 Å². The van der Waals surface area contributed by atoms with E-state index in [-0.39, 0.29) is 11.5 Å². The van der Waals surface area contributed by atoms with Gasteiger partial charge in [0.2, 0.25) is 0 Å². The summed E-state index contributed by atoms with van der Waals surface area (Å²) in [4.78, 5) is 14.7. The predicted molar refractivity (Wildman–Crippen MR) is 140 cm³/mol. The molecule has 0 spiro atoms. The molecule has 0 radical (unpaired) electrons. The molecule has 2 N–H and O–H groups in total. The summed E-state index contributed by atoms with van der Waals surface area (Å²) >= 11 is 0. The lowest BCUT2D eigenvalue weighted by atomic mass is 9.55. The fraction of sp³-hybridized carbons (Fsp3) is 0.536. The first-order valence-electron chi connectivity index (χ1n) is 13.1. The summed E-state index contributed by atoms with van der Waals surface area (Å²) in [5, 5.41) is 11.8. The van der Waals surface area contributed by atoms with Gasteiger partial charge in [0, 0.05) is 5.56 Å². The Balaban J connectivity index is 1.31. The van der Waals surface area contributed by atoms with Crippen molar-refractivity contribution in [3.63, 3.8) is 0 Å². The lowest BCUT2D eigenvalue weighted by molar-refractivity contribution is -0.00262. The molecule has 0 saturated heterocycles. The van der Waals surface area contributed by atoms with Crippen LogP contribution in [-0.2, 0) is 25.9 Å². The van der Waals surface area contributed by atoms with Crippen LogP contribution in [0, 0.1) is 31.1 Å². The summed E-state index contributed by atoms with van der Waals surface area (Å²) in [5.74, 6) is 1.10. The fourth-order valence-corrected chi connectivity index (χ4v) is 7.98. The average molecular weight is 523 g/mol. The molecule has 2 fully saturated rings. The van der Waals surface area contributed by atoms with E-state index in [0.717, 1.165) is 47.7 Å². The second kappa shape index (κ2) is 8.99. The van der Waals surface area contributed by atoms with Gasteiger partial charge in [-0.15, -0.1) is 0 Å². The third-order valence-corrected chi connectivity index (χ3v) is 9.83. The Labute approximate surface area is 217 Å². The number of hydrogen-bond acceptors (Lipinski definition) is 7. The highest BCUT2D eigenvalue weighted by Gasteiger charge is 2.57. The molecule has 8 nitrogen and oxygen atoms in total. The molecule has 0 amide bonds. The minimum atomic E-state index is -3.99. The van der Waals surface area contributed by atoms with Crippen LogP contribution in [0.15, 0.2) is 45.5 Å². The molecular formula is C28H34N4O4S. The quantitative estimate of drug-likeness (QED) is 0.606. The van der Waals surface area contributed by atoms with Crippen molar-refractivity contribution in [1.29, 1.82) is 0 Å². The molecule has 1 heterocycles. The number of aryl methyl sites for hydroxylation is 2. The predicted octanol–water partition coefficient (Wildman–Crippen LogP) is 3.34. The summed E-state index contributed by atoms with van der Waals surface area (Å²) < 4.78 is 29.0. The molecule has 2 saturated carbocycles. The molecule has 3 aliphatic carbocycles. The summed E-state index contributed by atoms with van der Waals surface area (Å²) in [7, 11) is -3.99. The van der Waals surface area contributed by atoms with Crippen LogP contribution in [0.1, 0.15) is 72.8 Å². The van der Waals surface area contributed by atoms with Crippen LogP contribution < -0.4 is 15.9 Å². The van der Waals surface area contributed by atoms with Crippen LogP contribution in [0.4, 0.5) is 0 Å². The zero-order chi connectivity index (χ0) is 25.9. The van der Waals surface area contributed by atoms with E-state index in [1.807, 2.05) is 18.2 Å². The third-order valence-electron chi connectivity index (χ3n) is 9.33. The van der Waals surface area contributed by atoms with Crippen molar-refractivity contribution >= 4 is 16.0 Å². The molecule has 0 bridgehead atoms. The van der Waals surface area contributed by atoms with E-state index in [1.165, 1.54) is 22.3 Å². The second-order valence-corrected chi connectivity index (χ2v) is 12.6. The molecule has 0 aromatic heterocycles. The van der Waals surface area contributed by atoms with Crippen molar-refractivity contribution < 1.29 is 17.4 Å². The Morgan fingerprint density at radius 3 is 2.68 bits per heavy atom. The smallest absolute Gasteiger partial charge is 0.333 e. The van der Waals surface area contributed by atoms with E-state index in [2.05, 4.69) is 42.9 Å². The monoisotopic (exact) mass is 522 g/mol. The van der Waals surface area contributed by atoms with Gasteiger partial charge < -0.3 is 4.84 Å². The molecule has 5 unspecified atom stereocenters. The van der Waals surface area contributed by atoms with Crippen molar-refractivity contribution in [3.05, 3.63) is 68.9 Å². The van der Waals surface area contributed by atoms with E-state index >= 15 is 0 Å². The number of nitrogens with two attached hydrogens (primary N) is 1. The lowest BCUT2D eigenvalue weighted by Crippen LogP contribution is -2.46. The zero-order valence-corrected chi connectivity index (χ0v) is 22.4. The molecule has 2 aromatic carbocycles. The zero-order valence-electron chi connectivity index (χ0n) is 21.6. The van der Waals surface area contributed by atoms with Crippen molar-refractivity contribution in [2.24, 2.45) is 37.5 Å². The number of fused-ring (bicyclic) bond motifs is 6. The molecule has 2 aromatic rings. The Bertz CT molecular complexity index is 1520. The van der Waals surface area contributed by atoms with Gasteiger partial charge in [-0.2, -0.15) is 8.42 Å². The maximum atomic E-state index is 11.8. The molecule has 6 rings (SSSR count). The van der Waals surface area contributed by atoms with E-state index in [0.29, 0.717) is 37.5 Å². The summed E-state index contributed by atoms with van der Waals surface area (Å²) in [6.07, 6.45) is 3.98. The first-order valence-corrected chi connectivity index (χ1v) is 14.6. The first-order chi connectivity index (χ1) is 17.6. The summed E-state index contributed by atoms with van der Waals surface area (Å²) in [6.45, 7) is 7.35. The van der Waals surface area contributed by atoms with Crippen LogP contribution in [-0.4, -0.2) is 26.9 Å². The minimum absolute atomic E-state index is 0.226. The van der Waals surface area contributed by atoms with Crippen molar-refractivity contribution in [2.75, 3.05) is 6.67 Å². The summed E-state index contributed by atoms with van der Waals surface area (Å²) in [6, 6.07) is 10.6. The maximum absolute atomic E-state index is 11.8. The van der Waals surface area contributed by atoms with Crippen LogP contribution in [0.25, 0.3) is 0 Å². The van der Waals surface area contributed by atoms with E-state index in [4.69, 9.17) is 19.3 Å². The number of hydrogen-bond donors (Lipinski definition) is 1. The molecule has 9 heteroatoms. The maximum Gasteiger partial charge on any atom is 0.333 e. The topological polar surface area (TPSA) is 116 Å². The van der Waals surface area contributed by atoms with Gasteiger partial charge in [-0.25, -0.2) is 5.14 Å². The van der Waals surface area contributed by atoms with Gasteiger partial charge in [0.05, 0.1) is 22.5 Å². The Kier molecular flexibility index (Phi) is 6.00. The van der Waals surface area contributed by atoms with Gasteiger partial charge >= 0.3 is 10.3 Å². The highest BCUT2D eigenvalue weighted by Crippen LogP contribution is 2.61. The number of rotatable bonds is 5. The van der Waals surface area contributed by atoms with Crippen molar-refractivity contribution in [3.8, 4) is 0 Å². The highest BCUT2D eigenvalue weighted by atomic mass is 32.2. The lowest BCUT2D eigenvalue weighted by Gasteiger charge is -2.50. The van der Waals surface area contributed by atoms with Crippen LogP contribution in [0.2, 0.25) is 0 Å². The van der Waals surface area contributed by atoms with Gasteiger partial charge in [0.1, 0.15) is 13.3 Å².